The summed E-state index contributed by atoms with van der Waals surface area (Å²) in [6.45, 7) is 12.2. The van der Waals surface area contributed by atoms with Gasteiger partial charge in [-0.3, -0.25) is 0 Å². The number of hydrogen-bond acceptors (Lipinski definition) is 4. The molecule has 1 atom stereocenters. The van der Waals surface area contributed by atoms with Gasteiger partial charge in [0, 0.05) is 24.4 Å². The number of nitrogens with zero attached hydrogens (tertiary/aromatic N) is 1. The van der Waals surface area contributed by atoms with Gasteiger partial charge in [-0.15, -0.1) is 11.3 Å². The first-order valence-corrected chi connectivity index (χ1v) is 7.19. The molecule has 0 radical (unpaired) electrons. The van der Waals surface area contributed by atoms with Crippen LogP contribution in [0.25, 0.3) is 0 Å². The van der Waals surface area contributed by atoms with Crippen LogP contribution < -0.4 is 5.32 Å². The van der Waals surface area contributed by atoms with Gasteiger partial charge in [0.25, 0.3) is 0 Å². The summed E-state index contributed by atoms with van der Waals surface area (Å²) in [7, 11) is 0. The fraction of sp³-hybridized carbons (Fsp3) is 0.769. The second-order valence-corrected chi connectivity index (χ2v) is 5.61. The number of nitrogens with one attached hydrogen (secondary N) is 1. The molecule has 17 heavy (non-hydrogen) atoms. The molecule has 1 aromatic rings. The molecule has 1 unspecified atom stereocenters. The van der Waals surface area contributed by atoms with E-state index >= 15 is 0 Å². The largest absolute Gasteiger partial charge is 0.369 e. The predicted octanol–water partition coefficient (Wildman–Crippen LogP) is 2.96. The van der Waals surface area contributed by atoms with Crippen LogP contribution in [-0.2, 0) is 16.8 Å². The Bertz CT molecular complexity index is 336. The maximum atomic E-state index is 5.71. The summed E-state index contributed by atoms with van der Waals surface area (Å²) in [4.78, 5) is 4.68. The summed E-state index contributed by atoms with van der Waals surface area (Å²) in [5, 5.41) is 6.61. The highest BCUT2D eigenvalue weighted by Gasteiger charge is 2.24. The van der Waals surface area contributed by atoms with Crippen molar-refractivity contribution in [3.8, 4) is 0 Å². The van der Waals surface area contributed by atoms with Crippen LogP contribution in [0.1, 0.15) is 45.3 Å². The molecule has 1 heterocycles. The molecule has 1 aromatic heterocycles. The lowest BCUT2D eigenvalue weighted by Gasteiger charge is -2.21. The van der Waals surface area contributed by atoms with Gasteiger partial charge >= 0.3 is 0 Å². The van der Waals surface area contributed by atoms with Gasteiger partial charge < -0.3 is 10.1 Å². The van der Waals surface area contributed by atoms with Crippen LogP contribution in [0, 0.1) is 0 Å². The highest BCUT2D eigenvalue weighted by molar-refractivity contribution is 7.09. The maximum Gasteiger partial charge on any atom is 0.124 e. The Morgan fingerprint density at radius 3 is 2.76 bits per heavy atom. The Labute approximate surface area is 109 Å². The quantitative estimate of drug-likeness (QED) is 0.814. The molecule has 0 aliphatic heterocycles. The lowest BCUT2D eigenvalue weighted by molar-refractivity contribution is -0.0142. The van der Waals surface area contributed by atoms with E-state index in [2.05, 4.69) is 43.4 Å². The fourth-order valence-electron chi connectivity index (χ4n) is 1.83. The summed E-state index contributed by atoms with van der Waals surface area (Å²) in [6, 6.07) is 0.477. The zero-order valence-corrected chi connectivity index (χ0v) is 12.4. The van der Waals surface area contributed by atoms with E-state index in [0.29, 0.717) is 6.04 Å². The topological polar surface area (TPSA) is 34.1 Å². The Balaban J connectivity index is 2.64. The van der Waals surface area contributed by atoms with E-state index in [1.807, 2.05) is 6.92 Å². The molecule has 0 saturated heterocycles. The molecule has 0 aromatic carbocycles. The van der Waals surface area contributed by atoms with Gasteiger partial charge in [-0.05, 0) is 34.2 Å². The first kappa shape index (κ1) is 14.6. The van der Waals surface area contributed by atoms with Crippen LogP contribution in [0.2, 0.25) is 0 Å². The van der Waals surface area contributed by atoms with Crippen LogP contribution in [-0.4, -0.2) is 24.2 Å². The molecule has 0 amide bonds. The van der Waals surface area contributed by atoms with E-state index < -0.39 is 0 Å². The lowest BCUT2D eigenvalue weighted by atomic mass is 10.1. The third-order valence-corrected chi connectivity index (χ3v) is 3.84. The molecular formula is C13H24N2OS. The Hall–Kier alpha value is -0.450. The van der Waals surface area contributed by atoms with E-state index in [1.54, 1.807) is 11.3 Å². The Morgan fingerprint density at radius 1 is 1.47 bits per heavy atom. The summed E-state index contributed by atoms with van der Waals surface area (Å²) >= 11 is 1.69. The van der Waals surface area contributed by atoms with Crippen molar-refractivity contribution >= 4 is 11.3 Å². The molecule has 4 heteroatoms. The van der Waals surface area contributed by atoms with Crippen LogP contribution in [0.3, 0.4) is 0 Å². The van der Waals surface area contributed by atoms with Crippen molar-refractivity contribution in [3.63, 3.8) is 0 Å². The molecule has 98 valence electrons. The highest BCUT2D eigenvalue weighted by Crippen LogP contribution is 2.27. The molecule has 0 saturated carbocycles. The van der Waals surface area contributed by atoms with Crippen molar-refractivity contribution in [1.29, 1.82) is 0 Å². The molecule has 3 nitrogen and oxygen atoms in total. The lowest BCUT2D eigenvalue weighted by Crippen LogP contribution is -2.28. The average Bonchev–Trinajstić information content (AvgIpc) is 2.67. The smallest absolute Gasteiger partial charge is 0.124 e. The molecule has 0 bridgehead atoms. The molecule has 0 aliphatic rings. The van der Waals surface area contributed by atoms with Crippen LogP contribution in [0.4, 0.5) is 0 Å². The van der Waals surface area contributed by atoms with Gasteiger partial charge in [0.1, 0.15) is 10.6 Å². The Kier molecular flexibility index (Phi) is 5.56. The fourth-order valence-corrected chi connectivity index (χ4v) is 2.74. The molecule has 1 rings (SSSR count). The normalized spacial score (nSPS) is 13.9. The second-order valence-electron chi connectivity index (χ2n) is 4.75. The number of hydrogen-bond donors (Lipinski definition) is 1. The molecular weight excluding hydrogens is 232 g/mol. The summed E-state index contributed by atoms with van der Waals surface area (Å²) in [5.41, 5.74) is 0.894. The van der Waals surface area contributed by atoms with E-state index in [9.17, 15) is 0 Å². The minimum atomic E-state index is -0.265. The van der Waals surface area contributed by atoms with Gasteiger partial charge in [-0.25, -0.2) is 4.98 Å². The predicted molar refractivity (Wildman–Crippen MR) is 73.6 cm³/mol. The molecule has 1 N–H and O–H groups in total. The summed E-state index contributed by atoms with van der Waals surface area (Å²) in [6.07, 6.45) is 0.979. The van der Waals surface area contributed by atoms with Crippen molar-refractivity contribution in [2.75, 3.05) is 13.2 Å². The van der Waals surface area contributed by atoms with Gasteiger partial charge in [0.2, 0.25) is 0 Å². The Morgan fingerprint density at radius 2 is 2.18 bits per heavy atom. The van der Waals surface area contributed by atoms with Crippen molar-refractivity contribution in [1.82, 2.24) is 10.3 Å². The van der Waals surface area contributed by atoms with Crippen LogP contribution in [0.5, 0.6) is 0 Å². The number of rotatable bonds is 7. The van der Waals surface area contributed by atoms with Crippen LogP contribution in [0.15, 0.2) is 5.38 Å². The summed E-state index contributed by atoms with van der Waals surface area (Å²) < 4.78 is 5.71. The van der Waals surface area contributed by atoms with E-state index in [-0.39, 0.29) is 5.60 Å². The van der Waals surface area contributed by atoms with Gasteiger partial charge in [0.05, 0.1) is 5.69 Å². The molecule has 0 spiro atoms. The summed E-state index contributed by atoms with van der Waals surface area (Å²) in [5.74, 6) is 0. The third kappa shape index (κ3) is 4.37. The standard InChI is InChI=1S/C13H24N2OS/c1-6-14-10(3)8-11-9-17-12(15-11)13(4,5)16-7-2/h9-10,14H,6-8H2,1-5H3. The number of ether oxygens (including phenoxy) is 1. The first-order valence-electron chi connectivity index (χ1n) is 6.31. The SMILES string of the molecule is CCNC(C)Cc1csc(C(C)(C)OCC)n1. The van der Waals surface area contributed by atoms with E-state index in [1.165, 1.54) is 0 Å². The van der Waals surface area contributed by atoms with Crippen molar-refractivity contribution in [2.45, 2.75) is 52.7 Å². The second kappa shape index (κ2) is 6.47. The van der Waals surface area contributed by atoms with Gasteiger partial charge in [-0.2, -0.15) is 0 Å². The molecule has 0 aliphatic carbocycles. The zero-order chi connectivity index (χ0) is 12.9. The van der Waals surface area contributed by atoms with Gasteiger partial charge in [-0.1, -0.05) is 6.92 Å². The monoisotopic (exact) mass is 256 g/mol. The van der Waals surface area contributed by atoms with Crippen molar-refractivity contribution in [3.05, 3.63) is 16.1 Å². The highest BCUT2D eigenvalue weighted by atomic mass is 32.1. The first-order chi connectivity index (χ1) is 7.99. The van der Waals surface area contributed by atoms with Crippen LogP contribution >= 0.6 is 11.3 Å². The van der Waals surface area contributed by atoms with E-state index in [4.69, 9.17) is 4.74 Å². The number of aromatic nitrogens is 1. The number of thiazole rings is 1. The van der Waals surface area contributed by atoms with Gasteiger partial charge in [0.15, 0.2) is 0 Å². The number of likely N-dealkylation sites (N-methyl/N-ethyl adjacent to an activating group) is 1. The maximum absolute atomic E-state index is 5.71. The zero-order valence-electron chi connectivity index (χ0n) is 11.5. The third-order valence-electron chi connectivity index (χ3n) is 2.64. The van der Waals surface area contributed by atoms with Crippen molar-refractivity contribution in [2.24, 2.45) is 0 Å². The average molecular weight is 256 g/mol. The molecule has 0 fully saturated rings. The minimum absolute atomic E-state index is 0.265. The van der Waals surface area contributed by atoms with Crippen molar-refractivity contribution < 1.29 is 4.74 Å². The minimum Gasteiger partial charge on any atom is -0.369 e. The van der Waals surface area contributed by atoms with E-state index in [0.717, 1.165) is 30.3 Å².